The molecule has 1 N–H and O–H groups in total. The maximum Gasteiger partial charge on any atom is 0.300 e. The minimum absolute atomic E-state index is 0.253. The summed E-state index contributed by atoms with van der Waals surface area (Å²) in [5.41, 5.74) is -2.86. The van der Waals surface area contributed by atoms with Crippen LogP contribution in [0.5, 0.6) is 0 Å². The van der Waals surface area contributed by atoms with E-state index < -0.39 is 21.8 Å². The molecular formula is C9H17F3O3S. The highest BCUT2D eigenvalue weighted by molar-refractivity contribution is 7.86. The molecule has 0 saturated carbocycles. The average molecular weight is 262 g/mol. The molecule has 0 amide bonds. The fourth-order valence-electron chi connectivity index (χ4n) is 1.28. The highest BCUT2D eigenvalue weighted by Crippen LogP contribution is 2.17. The molecule has 0 aliphatic carbocycles. The van der Waals surface area contributed by atoms with Crippen molar-refractivity contribution in [2.45, 2.75) is 50.2 Å². The van der Waals surface area contributed by atoms with Gasteiger partial charge in [0.25, 0.3) is 5.50 Å². The van der Waals surface area contributed by atoms with Gasteiger partial charge in [0.05, 0.1) is 6.67 Å². The van der Waals surface area contributed by atoms with Crippen LogP contribution in [-0.2, 0) is 10.1 Å². The van der Waals surface area contributed by atoms with Crippen LogP contribution in [0.1, 0.15) is 38.5 Å². The van der Waals surface area contributed by atoms with Crippen molar-refractivity contribution in [2.24, 2.45) is 0 Å². The molecule has 0 rings (SSSR count). The van der Waals surface area contributed by atoms with E-state index in [2.05, 4.69) is 0 Å². The van der Waals surface area contributed by atoms with Crippen molar-refractivity contribution in [3.63, 3.8) is 0 Å². The lowest BCUT2D eigenvalue weighted by Crippen LogP contribution is -2.26. The van der Waals surface area contributed by atoms with Crippen molar-refractivity contribution in [3.05, 3.63) is 0 Å². The summed E-state index contributed by atoms with van der Waals surface area (Å²) in [6.07, 6.45) is 0.315. The lowest BCUT2D eigenvalue weighted by molar-refractivity contribution is 0.199. The van der Waals surface area contributed by atoms with Crippen molar-refractivity contribution in [3.8, 4) is 0 Å². The Morgan fingerprint density at radius 2 is 1.50 bits per heavy atom. The number of hydrogen-bond donors (Lipinski definition) is 1. The Labute approximate surface area is 93.8 Å². The summed E-state index contributed by atoms with van der Waals surface area (Å²) in [6, 6.07) is 0. The van der Waals surface area contributed by atoms with E-state index in [4.69, 9.17) is 4.55 Å². The predicted molar refractivity (Wildman–Crippen MR) is 55.0 cm³/mol. The summed E-state index contributed by atoms with van der Waals surface area (Å²) in [7, 11) is -4.94. The standard InChI is InChI=1S/C9H17F3O3S/c10-7-5-3-1-2-4-6-8(11)9(12)16(13,14)15/h8-9H,1-7H2,(H,13,14,15). The molecule has 0 heterocycles. The summed E-state index contributed by atoms with van der Waals surface area (Å²) < 4.78 is 66.0. The molecule has 2 atom stereocenters. The van der Waals surface area contributed by atoms with Crippen molar-refractivity contribution in [1.82, 2.24) is 0 Å². The van der Waals surface area contributed by atoms with Crippen LogP contribution in [0.15, 0.2) is 0 Å². The fraction of sp³-hybridized carbons (Fsp3) is 1.00. The molecule has 0 aromatic carbocycles. The minimum Gasteiger partial charge on any atom is -0.283 e. The summed E-state index contributed by atoms with van der Waals surface area (Å²) in [4.78, 5) is 0. The first-order valence-corrected chi connectivity index (χ1v) is 6.70. The molecule has 7 heteroatoms. The van der Waals surface area contributed by atoms with Gasteiger partial charge in [0, 0.05) is 0 Å². The molecule has 3 nitrogen and oxygen atoms in total. The van der Waals surface area contributed by atoms with E-state index in [-0.39, 0.29) is 13.1 Å². The Hall–Kier alpha value is -0.300. The lowest BCUT2D eigenvalue weighted by Gasteiger charge is -2.10. The first kappa shape index (κ1) is 15.7. The molecule has 16 heavy (non-hydrogen) atoms. The van der Waals surface area contributed by atoms with Crippen molar-refractivity contribution in [2.75, 3.05) is 6.67 Å². The van der Waals surface area contributed by atoms with Gasteiger partial charge in [0.2, 0.25) is 0 Å². The maximum absolute atomic E-state index is 12.9. The Kier molecular flexibility index (Phi) is 7.74. The number of halogens is 3. The third kappa shape index (κ3) is 7.05. The minimum atomic E-state index is -4.94. The van der Waals surface area contributed by atoms with Crippen LogP contribution in [-0.4, -0.2) is 31.3 Å². The molecular weight excluding hydrogens is 245 g/mol. The van der Waals surface area contributed by atoms with Gasteiger partial charge < -0.3 is 0 Å². The smallest absolute Gasteiger partial charge is 0.283 e. The molecule has 0 spiro atoms. The van der Waals surface area contributed by atoms with Crippen LogP contribution in [0.2, 0.25) is 0 Å². The van der Waals surface area contributed by atoms with E-state index in [1.165, 1.54) is 0 Å². The SMILES string of the molecule is O=S(=O)(O)C(F)C(F)CCCCCCCF. The Bertz CT molecular complexity index is 269. The monoisotopic (exact) mass is 262 g/mol. The lowest BCUT2D eigenvalue weighted by atomic mass is 10.1. The topological polar surface area (TPSA) is 54.4 Å². The van der Waals surface area contributed by atoms with Crippen LogP contribution in [0.3, 0.4) is 0 Å². The summed E-state index contributed by atoms with van der Waals surface area (Å²) in [5.74, 6) is 0. The van der Waals surface area contributed by atoms with Crippen molar-refractivity contribution < 1.29 is 26.1 Å². The fourth-order valence-corrected chi connectivity index (χ4v) is 1.79. The summed E-state index contributed by atoms with van der Waals surface area (Å²) in [6.45, 7) is -0.388. The van der Waals surface area contributed by atoms with E-state index in [1.54, 1.807) is 0 Å². The Morgan fingerprint density at radius 1 is 1.00 bits per heavy atom. The van der Waals surface area contributed by atoms with Crippen LogP contribution in [0.4, 0.5) is 13.2 Å². The molecule has 0 aromatic rings. The van der Waals surface area contributed by atoms with Gasteiger partial charge >= 0.3 is 10.1 Å². The third-order valence-corrected chi connectivity index (χ3v) is 3.05. The number of alkyl halides is 3. The van der Waals surface area contributed by atoms with E-state index in [1.807, 2.05) is 0 Å². The highest BCUT2D eigenvalue weighted by Gasteiger charge is 2.31. The number of rotatable bonds is 9. The second kappa shape index (κ2) is 7.89. The van der Waals surface area contributed by atoms with E-state index in [0.29, 0.717) is 32.1 Å². The average Bonchev–Trinajstić information content (AvgIpc) is 2.20. The van der Waals surface area contributed by atoms with E-state index >= 15 is 0 Å². The third-order valence-electron chi connectivity index (χ3n) is 2.18. The van der Waals surface area contributed by atoms with Gasteiger partial charge in [-0.1, -0.05) is 25.7 Å². The molecule has 0 aliphatic heterocycles. The summed E-state index contributed by atoms with van der Waals surface area (Å²) in [5, 5.41) is 0. The zero-order valence-corrected chi connectivity index (χ0v) is 9.73. The van der Waals surface area contributed by atoms with Crippen LogP contribution >= 0.6 is 0 Å². The first-order valence-electron chi connectivity index (χ1n) is 5.20. The zero-order chi connectivity index (χ0) is 12.6. The molecule has 2 unspecified atom stereocenters. The Morgan fingerprint density at radius 3 is 2.00 bits per heavy atom. The van der Waals surface area contributed by atoms with Gasteiger partial charge in [-0.15, -0.1) is 0 Å². The second-order valence-corrected chi connectivity index (χ2v) is 5.11. The predicted octanol–water partition coefficient (Wildman–Crippen LogP) is 2.82. The molecule has 0 aliphatic rings. The van der Waals surface area contributed by atoms with Gasteiger partial charge in [0.1, 0.15) is 6.17 Å². The van der Waals surface area contributed by atoms with Gasteiger partial charge in [-0.25, -0.2) is 8.78 Å². The molecule has 0 bridgehead atoms. The van der Waals surface area contributed by atoms with E-state index in [9.17, 15) is 21.6 Å². The maximum atomic E-state index is 12.9. The quantitative estimate of drug-likeness (QED) is 0.513. The van der Waals surface area contributed by atoms with Gasteiger partial charge in [-0.3, -0.25) is 8.94 Å². The molecule has 98 valence electrons. The molecule has 0 fully saturated rings. The van der Waals surface area contributed by atoms with Crippen LogP contribution in [0.25, 0.3) is 0 Å². The molecule has 0 saturated heterocycles. The van der Waals surface area contributed by atoms with Gasteiger partial charge in [-0.2, -0.15) is 8.42 Å². The first-order chi connectivity index (χ1) is 7.39. The molecule has 0 aromatic heterocycles. The largest absolute Gasteiger partial charge is 0.300 e. The van der Waals surface area contributed by atoms with Crippen molar-refractivity contribution >= 4 is 10.1 Å². The normalized spacial score (nSPS) is 16.0. The van der Waals surface area contributed by atoms with Gasteiger partial charge in [-0.05, 0) is 12.8 Å². The number of unbranched alkanes of at least 4 members (excludes halogenated alkanes) is 4. The second-order valence-electron chi connectivity index (χ2n) is 3.63. The Balaban J connectivity index is 3.62. The zero-order valence-electron chi connectivity index (χ0n) is 8.91. The van der Waals surface area contributed by atoms with Crippen LogP contribution in [0, 0.1) is 0 Å². The summed E-state index contributed by atoms with van der Waals surface area (Å²) >= 11 is 0. The van der Waals surface area contributed by atoms with Crippen LogP contribution < -0.4 is 0 Å². The van der Waals surface area contributed by atoms with E-state index in [0.717, 1.165) is 0 Å². The van der Waals surface area contributed by atoms with Gasteiger partial charge in [0.15, 0.2) is 0 Å². The highest BCUT2D eigenvalue weighted by atomic mass is 32.2. The number of hydrogen-bond acceptors (Lipinski definition) is 2. The van der Waals surface area contributed by atoms with Crippen molar-refractivity contribution in [1.29, 1.82) is 0 Å². The molecule has 0 radical (unpaired) electrons.